The van der Waals surface area contributed by atoms with Gasteiger partial charge in [-0.05, 0) is 65.7 Å². The van der Waals surface area contributed by atoms with Gasteiger partial charge in [0, 0.05) is 43.7 Å². The lowest BCUT2D eigenvalue weighted by atomic mass is 10.0. The number of nitrogens with zero attached hydrogens (tertiary/aromatic N) is 2. The van der Waals surface area contributed by atoms with Crippen LogP contribution < -0.4 is 0 Å². The number of aromatic nitrogens is 2. The van der Waals surface area contributed by atoms with Gasteiger partial charge in [0.15, 0.2) is 5.58 Å². The van der Waals surface area contributed by atoms with Gasteiger partial charge in [-0.3, -0.25) is 0 Å². The maximum atomic E-state index is 6.58. The summed E-state index contributed by atoms with van der Waals surface area (Å²) in [6, 6.07) is 56.5. The second-order valence-electron chi connectivity index (χ2n) is 11.8. The van der Waals surface area contributed by atoms with Crippen LogP contribution in [0.4, 0.5) is 0 Å². The molecule has 0 radical (unpaired) electrons. The van der Waals surface area contributed by atoms with E-state index in [1.807, 2.05) is 6.07 Å². The zero-order valence-electron chi connectivity index (χ0n) is 24.3. The van der Waals surface area contributed by atoms with Gasteiger partial charge in [0.05, 0.1) is 22.1 Å². The minimum Gasteiger partial charge on any atom is -0.454 e. The highest BCUT2D eigenvalue weighted by atomic mass is 16.3. The molecule has 3 aromatic heterocycles. The van der Waals surface area contributed by atoms with Crippen molar-refractivity contribution in [3.05, 3.63) is 158 Å². The summed E-state index contributed by atoms with van der Waals surface area (Å²) >= 11 is 0. The molecule has 0 N–H and O–H groups in total. The Morgan fingerprint density at radius 3 is 1.80 bits per heavy atom. The zero-order valence-corrected chi connectivity index (χ0v) is 24.3. The molecule has 210 valence electrons. The van der Waals surface area contributed by atoms with Crippen molar-refractivity contribution in [3.63, 3.8) is 0 Å². The van der Waals surface area contributed by atoms with Gasteiger partial charge in [-0.1, -0.05) is 103 Å². The first-order valence-electron chi connectivity index (χ1n) is 15.4. The minimum atomic E-state index is 0.910. The van der Waals surface area contributed by atoms with Crippen LogP contribution in [-0.2, 0) is 0 Å². The second-order valence-corrected chi connectivity index (χ2v) is 11.8. The lowest BCUT2D eigenvalue weighted by molar-refractivity contribution is 0.671. The summed E-state index contributed by atoms with van der Waals surface area (Å²) in [7, 11) is 0. The molecule has 0 unspecified atom stereocenters. The molecule has 10 aromatic rings. The topological polar surface area (TPSA) is 23.0 Å². The van der Waals surface area contributed by atoms with Crippen molar-refractivity contribution in [2.24, 2.45) is 0 Å². The molecule has 0 saturated carbocycles. The third-order valence-electron chi connectivity index (χ3n) is 9.31. The smallest absolute Gasteiger partial charge is 0.160 e. The second kappa shape index (κ2) is 9.22. The standard InChI is InChI=1S/C42H26N2O/c1-2-12-29(13-3-1)43-37-18-7-4-15-31(37)33-22-21-28(26-39(33)43)27-11-10-14-30(25-27)44-38-19-8-5-16-32(38)35-23-24-36-34-17-6-9-20-40(34)45-42(36)41(35)44/h1-26H. The number of fused-ring (bicyclic) bond motifs is 10. The van der Waals surface area contributed by atoms with Gasteiger partial charge in [-0.15, -0.1) is 0 Å². The van der Waals surface area contributed by atoms with Gasteiger partial charge in [-0.2, -0.15) is 0 Å². The summed E-state index contributed by atoms with van der Waals surface area (Å²) in [6.45, 7) is 0. The average Bonchev–Trinajstić information content (AvgIpc) is 3.76. The van der Waals surface area contributed by atoms with Crippen LogP contribution in [0.1, 0.15) is 0 Å². The first kappa shape index (κ1) is 24.4. The fourth-order valence-electron chi connectivity index (χ4n) is 7.33. The highest BCUT2D eigenvalue weighted by Gasteiger charge is 2.19. The molecule has 0 amide bonds. The normalized spacial score (nSPS) is 12.0. The Kier molecular flexibility index (Phi) is 5.00. The lowest BCUT2D eigenvalue weighted by Gasteiger charge is -2.12. The third kappa shape index (κ3) is 3.46. The summed E-state index contributed by atoms with van der Waals surface area (Å²) in [4.78, 5) is 0. The van der Waals surface area contributed by atoms with Crippen molar-refractivity contribution in [1.82, 2.24) is 9.13 Å². The van der Waals surface area contributed by atoms with Gasteiger partial charge in [-0.25, -0.2) is 0 Å². The van der Waals surface area contributed by atoms with E-state index in [-0.39, 0.29) is 0 Å². The van der Waals surface area contributed by atoms with Crippen LogP contribution in [0.25, 0.3) is 88.1 Å². The molecule has 10 rings (SSSR count). The molecule has 7 aromatic carbocycles. The Morgan fingerprint density at radius 2 is 0.956 bits per heavy atom. The zero-order chi connectivity index (χ0) is 29.5. The van der Waals surface area contributed by atoms with Crippen LogP contribution in [0.5, 0.6) is 0 Å². The first-order chi connectivity index (χ1) is 22.3. The molecule has 0 saturated heterocycles. The van der Waals surface area contributed by atoms with E-state index in [1.54, 1.807) is 0 Å². The average molecular weight is 575 g/mol. The number of para-hydroxylation sites is 4. The van der Waals surface area contributed by atoms with Crippen LogP contribution in [0.15, 0.2) is 162 Å². The van der Waals surface area contributed by atoms with E-state index in [2.05, 4.69) is 161 Å². The van der Waals surface area contributed by atoms with Gasteiger partial charge >= 0.3 is 0 Å². The Morgan fingerprint density at radius 1 is 0.356 bits per heavy atom. The fraction of sp³-hybridized carbons (Fsp3) is 0. The number of benzene rings is 7. The molecule has 3 heterocycles. The van der Waals surface area contributed by atoms with Crippen molar-refractivity contribution in [2.75, 3.05) is 0 Å². The predicted molar refractivity (Wildman–Crippen MR) is 188 cm³/mol. The molecule has 3 heteroatoms. The minimum absolute atomic E-state index is 0.910. The van der Waals surface area contributed by atoms with E-state index in [0.717, 1.165) is 44.3 Å². The summed E-state index contributed by atoms with van der Waals surface area (Å²) < 4.78 is 11.3. The summed E-state index contributed by atoms with van der Waals surface area (Å²) in [5, 5.41) is 7.20. The molecule has 45 heavy (non-hydrogen) atoms. The Bertz CT molecular complexity index is 2760. The van der Waals surface area contributed by atoms with Crippen molar-refractivity contribution in [3.8, 4) is 22.5 Å². The Hall–Kier alpha value is -6.06. The quantitative estimate of drug-likeness (QED) is 0.206. The van der Waals surface area contributed by atoms with Gasteiger partial charge in [0.25, 0.3) is 0 Å². The number of rotatable bonds is 3. The number of hydrogen-bond donors (Lipinski definition) is 0. The SMILES string of the molecule is c1ccc(-n2c3ccccc3c3ccc(-c4cccc(-n5c6ccccc6c6ccc7c8ccccc8oc7c65)c4)cc32)cc1. The van der Waals surface area contributed by atoms with Crippen molar-refractivity contribution in [2.45, 2.75) is 0 Å². The van der Waals surface area contributed by atoms with Crippen LogP contribution >= 0.6 is 0 Å². The molecule has 0 spiro atoms. The maximum absolute atomic E-state index is 6.58. The van der Waals surface area contributed by atoms with E-state index in [9.17, 15) is 0 Å². The highest BCUT2D eigenvalue weighted by Crippen LogP contribution is 2.41. The molecule has 0 aliphatic rings. The Balaban J connectivity index is 1.23. The molecular formula is C42H26N2O. The highest BCUT2D eigenvalue weighted by molar-refractivity contribution is 6.21. The summed E-state index contributed by atoms with van der Waals surface area (Å²) in [5.41, 5.74) is 11.1. The van der Waals surface area contributed by atoms with E-state index < -0.39 is 0 Å². The lowest BCUT2D eigenvalue weighted by Crippen LogP contribution is -1.95. The molecule has 3 nitrogen and oxygen atoms in total. The van der Waals surface area contributed by atoms with Crippen LogP contribution in [-0.4, -0.2) is 9.13 Å². The summed E-state index contributed by atoms with van der Waals surface area (Å²) in [6.07, 6.45) is 0. The number of furan rings is 1. The predicted octanol–water partition coefficient (Wildman–Crippen LogP) is 11.4. The van der Waals surface area contributed by atoms with E-state index in [0.29, 0.717) is 0 Å². The first-order valence-corrected chi connectivity index (χ1v) is 15.4. The molecular weight excluding hydrogens is 548 g/mol. The van der Waals surface area contributed by atoms with Crippen molar-refractivity contribution < 1.29 is 4.42 Å². The number of hydrogen-bond acceptors (Lipinski definition) is 1. The largest absolute Gasteiger partial charge is 0.454 e. The van der Waals surface area contributed by atoms with Crippen molar-refractivity contribution >= 4 is 65.6 Å². The third-order valence-corrected chi connectivity index (χ3v) is 9.31. The molecule has 0 fully saturated rings. The Labute approximate surface area is 258 Å². The molecule has 0 atom stereocenters. The maximum Gasteiger partial charge on any atom is 0.160 e. The van der Waals surface area contributed by atoms with Gasteiger partial charge in [0.2, 0.25) is 0 Å². The van der Waals surface area contributed by atoms with Gasteiger partial charge < -0.3 is 13.6 Å². The van der Waals surface area contributed by atoms with Crippen LogP contribution in [0.3, 0.4) is 0 Å². The van der Waals surface area contributed by atoms with Crippen molar-refractivity contribution in [1.29, 1.82) is 0 Å². The molecule has 0 aliphatic heterocycles. The van der Waals surface area contributed by atoms with E-state index in [1.165, 1.54) is 43.7 Å². The van der Waals surface area contributed by atoms with Crippen LogP contribution in [0, 0.1) is 0 Å². The summed E-state index contributed by atoms with van der Waals surface area (Å²) in [5.74, 6) is 0. The van der Waals surface area contributed by atoms with Crippen LogP contribution in [0.2, 0.25) is 0 Å². The van der Waals surface area contributed by atoms with E-state index >= 15 is 0 Å². The molecule has 0 bridgehead atoms. The van der Waals surface area contributed by atoms with E-state index in [4.69, 9.17) is 4.42 Å². The van der Waals surface area contributed by atoms with Gasteiger partial charge in [0.1, 0.15) is 5.58 Å². The monoisotopic (exact) mass is 574 g/mol. The fourth-order valence-corrected chi connectivity index (χ4v) is 7.33. The molecule has 0 aliphatic carbocycles.